The summed E-state index contributed by atoms with van der Waals surface area (Å²) < 4.78 is 0. The van der Waals surface area contributed by atoms with E-state index >= 15 is 0 Å². The van der Waals surface area contributed by atoms with Gasteiger partial charge in [-0.1, -0.05) is 12.1 Å². The number of rotatable bonds is 2. The molecule has 0 heterocycles. The molecule has 0 radical (unpaired) electrons. The number of carbonyl (C=O) groups is 3. The van der Waals surface area contributed by atoms with Crippen molar-refractivity contribution in [3.8, 4) is 6.07 Å². The van der Waals surface area contributed by atoms with Crippen molar-refractivity contribution in [3.63, 3.8) is 0 Å². The van der Waals surface area contributed by atoms with Gasteiger partial charge in [0.15, 0.2) is 11.6 Å². The highest BCUT2D eigenvalue weighted by Gasteiger charge is 2.33. The van der Waals surface area contributed by atoms with Crippen LogP contribution in [-0.4, -0.2) is 22.6 Å². The molecule has 1 N–H and O–H groups in total. The zero-order valence-corrected chi connectivity index (χ0v) is 11.7. The third-order valence-corrected chi connectivity index (χ3v) is 3.60. The number of nitriles is 1. The number of allylic oxidation sites excluding steroid dienone is 1. The number of nitrogens with zero attached hydrogens (tertiary/aromatic N) is 1. The smallest absolute Gasteiger partial charge is 0.335 e. The molecule has 0 bridgehead atoms. The molecule has 0 aromatic heterocycles. The van der Waals surface area contributed by atoms with Crippen molar-refractivity contribution < 1.29 is 19.5 Å². The van der Waals surface area contributed by atoms with Gasteiger partial charge in [0, 0.05) is 11.1 Å². The van der Waals surface area contributed by atoms with Crippen LogP contribution >= 0.6 is 0 Å². The lowest BCUT2D eigenvalue weighted by molar-refractivity contribution is 0.0696. The molecule has 23 heavy (non-hydrogen) atoms. The third kappa shape index (κ3) is 2.43. The van der Waals surface area contributed by atoms with E-state index in [1.165, 1.54) is 24.3 Å². The van der Waals surface area contributed by atoms with Gasteiger partial charge in [0.25, 0.3) is 0 Å². The van der Waals surface area contributed by atoms with Crippen molar-refractivity contribution in [2.45, 2.75) is 0 Å². The van der Waals surface area contributed by atoms with Crippen LogP contribution < -0.4 is 0 Å². The van der Waals surface area contributed by atoms with Gasteiger partial charge in [0.2, 0.25) is 0 Å². The Morgan fingerprint density at radius 2 is 1.65 bits per heavy atom. The number of carboxylic acid groups (broad SMARTS) is 1. The molecule has 0 saturated heterocycles. The van der Waals surface area contributed by atoms with E-state index in [-0.39, 0.29) is 22.3 Å². The standard InChI is InChI=1S/C18H9NO4/c19-9-11-3-1-10(2-4-11)7-15-16(20)13-6-5-12(18(22)23)8-14(13)17(15)21/h1-8H,(H,22,23)/b15-7-. The van der Waals surface area contributed by atoms with Crippen molar-refractivity contribution in [1.29, 1.82) is 5.26 Å². The molecule has 1 aliphatic rings. The lowest BCUT2D eigenvalue weighted by Gasteiger charge is -1.97. The van der Waals surface area contributed by atoms with E-state index in [2.05, 4.69) is 0 Å². The fourth-order valence-electron chi connectivity index (χ4n) is 2.41. The van der Waals surface area contributed by atoms with E-state index in [9.17, 15) is 14.4 Å². The molecule has 110 valence electrons. The van der Waals surface area contributed by atoms with Crippen LogP contribution in [0.3, 0.4) is 0 Å². The minimum Gasteiger partial charge on any atom is -0.478 e. The van der Waals surface area contributed by atoms with Gasteiger partial charge in [-0.15, -0.1) is 0 Å². The Bertz CT molecular complexity index is 930. The average Bonchev–Trinajstić information content (AvgIpc) is 2.80. The lowest BCUT2D eigenvalue weighted by atomic mass is 10.1. The van der Waals surface area contributed by atoms with Crippen molar-refractivity contribution in [2.24, 2.45) is 0 Å². The van der Waals surface area contributed by atoms with E-state index in [4.69, 9.17) is 10.4 Å². The Labute approximate surface area is 131 Å². The number of Topliss-reactive ketones (excluding diaryl/α,β-unsaturated/α-hetero) is 2. The van der Waals surface area contributed by atoms with Crippen molar-refractivity contribution in [2.75, 3.05) is 0 Å². The Kier molecular flexibility index (Phi) is 3.36. The van der Waals surface area contributed by atoms with Gasteiger partial charge >= 0.3 is 5.97 Å². The zero-order chi connectivity index (χ0) is 16.6. The number of aromatic carboxylic acids is 1. The van der Waals surface area contributed by atoms with Crippen LogP contribution in [0.15, 0.2) is 48.0 Å². The Hall–Kier alpha value is -3.52. The largest absolute Gasteiger partial charge is 0.478 e. The first-order chi connectivity index (χ1) is 11.0. The third-order valence-electron chi connectivity index (χ3n) is 3.60. The van der Waals surface area contributed by atoms with Gasteiger partial charge in [-0.05, 0) is 42.0 Å². The van der Waals surface area contributed by atoms with E-state index < -0.39 is 17.5 Å². The number of carbonyl (C=O) groups excluding carboxylic acids is 2. The van der Waals surface area contributed by atoms with Gasteiger partial charge in [-0.3, -0.25) is 9.59 Å². The van der Waals surface area contributed by atoms with E-state index in [1.807, 2.05) is 6.07 Å². The second-order valence-corrected chi connectivity index (χ2v) is 5.02. The Morgan fingerprint density at radius 3 is 2.26 bits per heavy atom. The number of ketones is 2. The number of hydrogen-bond acceptors (Lipinski definition) is 4. The van der Waals surface area contributed by atoms with Crippen LogP contribution in [0.4, 0.5) is 0 Å². The second kappa shape index (κ2) is 5.35. The fourth-order valence-corrected chi connectivity index (χ4v) is 2.41. The van der Waals surface area contributed by atoms with Crippen molar-refractivity contribution >= 4 is 23.6 Å². The highest BCUT2D eigenvalue weighted by atomic mass is 16.4. The van der Waals surface area contributed by atoms with Crippen LogP contribution in [-0.2, 0) is 0 Å². The molecular formula is C18H9NO4. The Morgan fingerprint density at radius 1 is 1.00 bits per heavy atom. The summed E-state index contributed by atoms with van der Waals surface area (Å²) in [5.41, 5.74) is 1.36. The normalized spacial score (nSPS) is 14.7. The zero-order valence-electron chi connectivity index (χ0n) is 11.7. The lowest BCUT2D eigenvalue weighted by Crippen LogP contribution is -2.01. The fraction of sp³-hybridized carbons (Fsp3) is 0. The number of fused-ring (bicyclic) bond motifs is 1. The summed E-state index contributed by atoms with van der Waals surface area (Å²) in [6.07, 6.45) is 1.45. The summed E-state index contributed by atoms with van der Waals surface area (Å²) in [6, 6.07) is 12.3. The van der Waals surface area contributed by atoms with E-state index in [0.717, 1.165) is 0 Å². The maximum atomic E-state index is 12.4. The second-order valence-electron chi connectivity index (χ2n) is 5.02. The van der Waals surface area contributed by atoms with Gasteiger partial charge in [-0.25, -0.2) is 4.79 Å². The first-order valence-corrected chi connectivity index (χ1v) is 6.70. The predicted octanol–water partition coefficient (Wildman–Crippen LogP) is 2.72. The molecule has 0 saturated carbocycles. The van der Waals surface area contributed by atoms with Crippen LogP contribution in [0.1, 0.15) is 42.2 Å². The summed E-state index contributed by atoms with van der Waals surface area (Å²) in [6.45, 7) is 0. The minimum absolute atomic E-state index is 0.00718. The molecule has 5 nitrogen and oxygen atoms in total. The molecule has 0 atom stereocenters. The minimum atomic E-state index is -1.16. The first kappa shape index (κ1) is 14.4. The van der Waals surface area contributed by atoms with Crippen LogP contribution in [0.5, 0.6) is 0 Å². The molecule has 0 amide bonds. The highest BCUT2D eigenvalue weighted by Crippen LogP contribution is 2.28. The number of carboxylic acids is 1. The average molecular weight is 303 g/mol. The highest BCUT2D eigenvalue weighted by molar-refractivity contribution is 6.41. The van der Waals surface area contributed by atoms with Crippen molar-refractivity contribution in [1.82, 2.24) is 0 Å². The predicted molar refractivity (Wildman–Crippen MR) is 81.2 cm³/mol. The monoisotopic (exact) mass is 303 g/mol. The van der Waals surface area contributed by atoms with Crippen molar-refractivity contribution in [3.05, 3.63) is 75.9 Å². The first-order valence-electron chi connectivity index (χ1n) is 6.70. The number of hydrogen-bond donors (Lipinski definition) is 1. The molecule has 2 aromatic rings. The maximum absolute atomic E-state index is 12.4. The molecule has 0 aliphatic heterocycles. The molecule has 3 rings (SSSR count). The van der Waals surface area contributed by atoms with Gasteiger partial charge in [0.1, 0.15) is 0 Å². The van der Waals surface area contributed by atoms with E-state index in [0.29, 0.717) is 11.1 Å². The topological polar surface area (TPSA) is 95.2 Å². The maximum Gasteiger partial charge on any atom is 0.335 e. The summed E-state index contributed by atoms with van der Waals surface area (Å²) >= 11 is 0. The van der Waals surface area contributed by atoms with E-state index in [1.54, 1.807) is 24.3 Å². The quantitative estimate of drug-likeness (QED) is 0.679. The molecule has 0 fully saturated rings. The van der Waals surface area contributed by atoms with Gasteiger partial charge < -0.3 is 5.11 Å². The summed E-state index contributed by atoms with van der Waals surface area (Å²) in [5, 5.41) is 17.7. The number of benzene rings is 2. The van der Waals surface area contributed by atoms with Crippen LogP contribution in [0, 0.1) is 11.3 Å². The summed E-state index contributed by atoms with van der Waals surface area (Å²) in [7, 11) is 0. The molecule has 0 spiro atoms. The molecule has 0 unspecified atom stereocenters. The van der Waals surface area contributed by atoms with Gasteiger partial charge in [0.05, 0.1) is 22.8 Å². The molecule has 2 aromatic carbocycles. The van der Waals surface area contributed by atoms with Crippen LogP contribution in [0.2, 0.25) is 0 Å². The Balaban J connectivity index is 2.04. The molecular weight excluding hydrogens is 294 g/mol. The van der Waals surface area contributed by atoms with Gasteiger partial charge in [-0.2, -0.15) is 5.26 Å². The summed E-state index contributed by atoms with van der Waals surface area (Å²) in [4.78, 5) is 35.7. The molecule has 5 heteroatoms. The summed E-state index contributed by atoms with van der Waals surface area (Å²) in [5.74, 6) is -2.07. The van der Waals surface area contributed by atoms with Crippen LogP contribution in [0.25, 0.3) is 6.08 Å². The molecule has 1 aliphatic carbocycles. The SMILES string of the molecule is N#Cc1ccc(/C=C2/C(=O)c3ccc(C(=O)O)cc3C2=O)cc1.